The number of nitrogens with one attached hydrogen (secondary N) is 2. The average Bonchev–Trinajstić information content (AvgIpc) is 2.82. The van der Waals surface area contributed by atoms with Crippen LogP contribution in [-0.2, 0) is 29.1 Å². The van der Waals surface area contributed by atoms with Crippen molar-refractivity contribution in [2.45, 2.75) is 24.0 Å². The van der Waals surface area contributed by atoms with E-state index in [2.05, 4.69) is 15.5 Å². The first-order valence-electron chi connectivity index (χ1n) is 10.7. The largest absolute Gasteiger partial charge is 0.379 e. The van der Waals surface area contributed by atoms with Crippen molar-refractivity contribution >= 4 is 21.8 Å². The van der Waals surface area contributed by atoms with E-state index in [9.17, 15) is 26.8 Å². The van der Waals surface area contributed by atoms with Crippen LogP contribution in [0.25, 0.3) is 0 Å². The third kappa shape index (κ3) is 6.90. The number of hydrogen-bond donors (Lipinski definition) is 2. The van der Waals surface area contributed by atoms with Gasteiger partial charge in [0.05, 0.1) is 26.4 Å². The molecule has 33 heavy (non-hydrogen) atoms. The van der Waals surface area contributed by atoms with Gasteiger partial charge in [-0.25, -0.2) is 17.2 Å². The van der Waals surface area contributed by atoms with Crippen LogP contribution < -0.4 is 10.6 Å². The normalized spacial score (nSPS) is 20.4. The van der Waals surface area contributed by atoms with Gasteiger partial charge < -0.3 is 20.1 Å². The maximum Gasteiger partial charge on any atom is 0.309 e. The van der Waals surface area contributed by atoms with Crippen molar-refractivity contribution in [3.63, 3.8) is 0 Å². The van der Waals surface area contributed by atoms with Gasteiger partial charge in [0.25, 0.3) is 0 Å². The molecule has 0 aromatic heterocycles. The Morgan fingerprint density at radius 1 is 1.06 bits per heavy atom. The van der Waals surface area contributed by atoms with E-state index < -0.39 is 44.6 Å². The molecule has 10 nitrogen and oxygen atoms in total. The van der Waals surface area contributed by atoms with Gasteiger partial charge in [0.2, 0.25) is 10.0 Å². The second kappa shape index (κ2) is 11.8. The Hall–Kier alpha value is -2.19. The van der Waals surface area contributed by atoms with Crippen molar-refractivity contribution in [3.05, 3.63) is 29.8 Å². The molecule has 1 aromatic rings. The molecule has 2 heterocycles. The van der Waals surface area contributed by atoms with Crippen molar-refractivity contribution < 1.29 is 36.3 Å². The SMILES string of the molecule is O=C(NCCCN1CCOCC1)C(=O)NC[C@@H]1OCCCN1S(=O)(=O)c1cc(F)ccc1F. The van der Waals surface area contributed by atoms with Crippen LogP contribution in [-0.4, -0.2) is 94.8 Å². The Morgan fingerprint density at radius 2 is 1.79 bits per heavy atom. The highest BCUT2D eigenvalue weighted by molar-refractivity contribution is 7.89. The lowest BCUT2D eigenvalue weighted by atomic mass is 10.3. The quantitative estimate of drug-likeness (QED) is 0.378. The van der Waals surface area contributed by atoms with Crippen molar-refractivity contribution in [1.29, 1.82) is 0 Å². The molecule has 0 radical (unpaired) electrons. The summed E-state index contributed by atoms with van der Waals surface area (Å²) in [5, 5.41) is 4.86. The predicted octanol–water partition coefficient (Wildman–Crippen LogP) is -0.343. The van der Waals surface area contributed by atoms with E-state index in [4.69, 9.17) is 9.47 Å². The lowest BCUT2D eigenvalue weighted by molar-refractivity contribution is -0.140. The average molecular weight is 491 g/mol. The summed E-state index contributed by atoms with van der Waals surface area (Å²) >= 11 is 0. The molecule has 3 rings (SSSR count). The Balaban J connectivity index is 1.50. The van der Waals surface area contributed by atoms with E-state index in [0.717, 1.165) is 36.1 Å². The Labute approximate surface area is 191 Å². The van der Waals surface area contributed by atoms with Crippen molar-refractivity contribution in [1.82, 2.24) is 19.8 Å². The van der Waals surface area contributed by atoms with Crippen molar-refractivity contribution in [2.75, 3.05) is 59.1 Å². The molecule has 2 aliphatic heterocycles. The van der Waals surface area contributed by atoms with Crippen LogP contribution >= 0.6 is 0 Å². The van der Waals surface area contributed by atoms with Gasteiger partial charge in [-0.1, -0.05) is 0 Å². The second-order valence-corrected chi connectivity index (χ2v) is 9.50. The van der Waals surface area contributed by atoms with Crippen molar-refractivity contribution in [3.8, 4) is 0 Å². The van der Waals surface area contributed by atoms with E-state index in [0.29, 0.717) is 38.7 Å². The minimum absolute atomic E-state index is 0.00738. The second-order valence-electron chi connectivity index (χ2n) is 7.64. The van der Waals surface area contributed by atoms with Crippen LogP contribution in [0.3, 0.4) is 0 Å². The third-order valence-corrected chi connectivity index (χ3v) is 7.22. The van der Waals surface area contributed by atoms with Gasteiger partial charge in [-0.3, -0.25) is 14.5 Å². The predicted molar refractivity (Wildman–Crippen MR) is 113 cm³/mol. The van der Waals surface area contributed by atoms with Gasteiger partial charge >= 0.3 is 11.8 Å². The third-order valence-electron chi connectivity index (χ3n) is 5.32. The highest BCUT2D eigenvalue weighted by atomic mass is 32.2. The molecule has 0 spiro atoms. The van der Waals surface area contributed by atoms with Gasteiger partial charge in [0.1, 0.15) is 22.8 Å². The van der Waals surface area contributed by atoms with Gasteiger partial charge in [-0.2, -0.15) is 4.31 Å². The molecular formula is C20H28F2N4O6S. The summed E-state index contributed by atoms with van der Waals surface area (Å²) in [6.45, 7) is 3.97. The molecule has 0 bridgehead atoms. The smallest absolute Gasteiger partial charge is 0.309 e. The molecule has 2 N–H and O–H groups in total. The lowest BCUT2D eigenvalue weighted by Crippen LogP contribution is -2.53. The van der Waals surface area contributed by atoms with Crippen LogP contribution in [0.5, 0.6) is 0 Å². The van der Waals surface area contributed by atoms with Gasteiger partial charge in [0.15, 0.2) is 0 Å². The summed E-state index contributed by atoms with van der Waals surface area (Å²) < 4.78 is 65.0. The molecule has 184 valence electrons. The van der Waals surface area contributed by atoms with Crippen LogP contribution in [0.1, 0.15) is 12.8 Å². The molecule has 0 unspecified atom stereocenters. The summed E-state index contributed by atoms with van der Waals surface area (Å²) in [6.07, 6.45) is -0.162. The summed E-state index contributed by atoms with van der Waals surface area (Å²) in [6, 6.07) is 2.14. The number of sulfonamides is 1. The number of hydrogen-bond acceptors (Lipinski definition) is 7. The number of nitrogens with zero attached hydrogens (tertiary/aromatic N) is 2. The minimum Gasteiger partial charge on any atom is -0.379 e. The van der Waals surface area contributed by atoms with E-state index in [1.165, 1.54) is 0 Å². The fourth-order valence-electron chi connectivity index (χ4n) is 3.57. The molecule has 13 heteroatoms. The number of benzene rings is 1. The Bertz CT molecular complexity index is 942. The van der Waals surface area contributed by atoms with E-state index in [1.807, 2.05) is 0 Å². The highest BCUT2D eigenvalue weighted by Crippen LogP contribution is 2.24. The number of morpholine rings is 1. The Kier molecular flexibility index (Phi) is 9.09. The standard InChI is InChI=1S/C20H28F2N4O6S/c21-15-3-4-16(22)17(13-15)33(29,30)26-7-2-10-32-18(26)14-24-20(28)19(27)23-5-1-6-25-8-11-31-12-9-25/h3-4,13,18H,1-2,5-12,14H2,(H,23,27)(H,24,28)/t18-/m0/s1. The molecule has 2 saturated heterocycles. The van der Waals surface area contributed by atoms with Crippen LogP contribution in [0.2, 0.25) is 0 Å². The maximum absolute atomic E-state index is 14.1. The summed E-state index contributed by atoms with van der Waals surface area (Å²) in [5.74, 6) is -3.78. The zero-order valence-electron chi connectivity index (χ0n) is 18.1. The molecule has 2 aliphatic rings. The molecule has 1 atom stereocenters. The molecular weight excluding hydrogens is 462 g/mol. The first-order valence-corrected chi connectivity index (χ1v) is 12.2. The fraction of sp³-hybridized carbons (Fsp3) is 0.600. The molecule has 0 saturated carbocycles. The number of ether oxygens (including phenoxy) is 2. The van der Waals surface area contributed by atoms with Crippen LogP contribution in [0, 0.1) is 11.6 Å². The van der Waals surface area contributed by atoms with Gasteiger partial charge in [0, 0.05) is 26.2 Å². The van der Waals surface area contributed by atoms with Crippen molar-refractivity contribution in [2.24, 2.45) is 0 Å². The number of amides is 2. The first kappa shape index (κ1) is 25.4. The summed E-state index contributed by atoms with van der Waals surface area (Å²) in [7, 11) is -4.43. The molecule has 2 fully saturated rings. The van der Waals surface area contributed by atoms with Crippen LogP contribution in [0.4, 0.5) is 8.78 Å². The minimum atomic E-state index is -4.43. The Morgan fingerprint density at radius 3 is 2.55 bits per heavy atom. The highest BCUT2D eigenvalue weighted by Gasteiger charge is 2.36. The molecule has 2 amide bonds. The topological polar surface area (TPSA) is 117 Å². The van der Waals surface area contributed by atoms with E-state index in [1.54, 1.807) is 0 Å². The first-order chi connectivity index (χ1) is 15.8. The van der Waals surface area contributed by atoms with Crippen LogP contribution in [0.15, 0.2) is 23.1 Å². The van der Waals surface area contributed by atoms with Gasteiger partial charge in [-0.05, 0) is 37.6 Å². The number of halogens is 2. The lowest BCUT2D eigenvalue weighted by Gasteiger charge is -2.34. The fourth-order valence-corrected chi connectivity index (χ4v) is 5.22. The zero-order chi connectivity index (χ0) is 23.8. The van der Waals surface area contributed by atoms with Gasteiger partial charge in [-0.15, -0.1) is 0 Å². The molecule has 1 aromatic carbocycles. The maximum atomic E-state index is 14.1. The number of carbonyl (C=O) groups excluding carboxylic acids is 2. The summed E-state index contributed by atoms with van der Waals surface area (Å²) in [4.78, 5) is 25.5. The van der Waals surface area contributed by atoms with E-state index >= 15 is 0 Å². The summed E-state index contributed by atoms with van der Waals surface area (Å²) in [5.41, 5.74) is 0. The number of carbonyl (C=O) groups is 2. The van der Waals surface area contributed by atoms with E-state index in [-0.39, 0.29) is 19.7 Å². The molecule has 0 aliphatic carbocycles. The number of rotatable bonds is 8. The monoisotopic (exact) mass is 490 g/mol. The zero-order valence-corrected chi connectivity index (χ0v) is 18.9.